The number of fused-ring (bicyclic) bond motifs is 1. The van der Waals surface area contributed by atoms with Crippen LogP contribution in [0.15, 0.2) is 16.9 Å². The van der Waals surface area contributed by atoms with Crippen molar-refractivity contribution in [2.45, 2.75) is 0 Å². The van der Waals surface area contributed by atoms with Gasteiger partial charge in [-0.15, -0.1) is 0 Å². The molecule has 0 aliphatic heterocycles. The molecular weight excluding hydrogens is 396 g/mol. The van der Waals surface area contributed by atoms with E-state index in [1.54, 1.807) is 0 Å². The molecule has 2 rings (SSSR count). The standard InChI is InChI=1S/C11H11BrN4O6S/c1-14(2)23(20,21)15-9-4-6(10(17)22-3)8(16(18)19)5-7(9)13-11(15)12/h4-5H,1-3H3. The lowest BCUT2D eigenvalue weighted by Crippen LogP contribution is -2.29. The van der Waals surface area contributed by atoms with Gasteiger partial charge in [-0.3, -0.25) is 10.1 Å². The van der Waals surface area contributed by atoms with E-state index in [1.807, 2.05) is 0 Å². The number of nitrogens with zero attached hydrogens (tertiary/aromatic N) is 4. The number of rotatable bonds is 4. The number of benzene rings is 1. The highest BCUT2D eigenvalue weighted by atomic mass is 79.9. The summed E-state index contributed by atoms with van der Waals surface area (Å²) in [5.74, 6) is -0.954. The molecule has 0 N–H and O–H groups in total. The first-order valence-electron chi connectivity index (χ1n) is 5.99. The Morgan fingerprint density at radius 2 is 2.04 bits per heavy atom. The number of imidazole rings is 1. The van der Waals surface area contributed by atoms with Gasteiger partial charge in [0.15, 0.2) is 4.73 Å². The number of hydrogen-bond acceptors (Lipinski definition) is 7. The molecular formula is C11H11BrN4O6S. The average molecular weight is 407 g/mol. The molecule has 0 amide bonds. The van der Waals surface area contributed by atoms with E-state index in [0.717, 1.165) is 27.5 Å². The van der Waals surface area contributed by atoms with Gasteiger partial charge in [0.05, 0.1) is 23.1 Å². The molecule has 0 fully saturated rings. The highest BCUT2D eigenvalue weighted by molar-refractivity contribution is 9.10. The molecule has 0 radical (unpaired) electrons. The summed E-state index contributed by atoms with van der Waals surface area (Å²) in [5, 5.41) is 11.1. The second kappa shape index (κ2) is 5.86. The summed E-state index contributed by atoms with van der Waals surface area (Å²) in [4.78, 5) is 26.0. The molecule has 0 aliphatic rings. The van der Waals surface area contributed by atoms with E-state index in [2.05, 4.69) is 25.7 Å². The first-order chi connectivity index (χ1) is 10.6. The molecule has 1 heterocycles. The van der Waals surface area contributed by atoms with Crippen LogP contribution in [0.1, 0.15) is 10.4 Å². The van der Waals surface area contributed by atoms with Crippen LogP contribution in [0.2, 0.25) is 0 Å². The summed E-state index contributed by atoms with van der Waals surface area (Å²) < 4.78 is 30.9. The summed E-state index contributed by atoms with van der Waals surface area (Å²) in [7, 11) is -0.246. The Morgan fingerprint density at radius 1 is 1.43 bits per heavy atom. The largest absolute Gasteiger partial charge is 0.465 e. The molecule has 0 spiro atoms. The fourth-order valence-corrected chi connectivity index (χ4v) is 3.75. The number of nitro groups is 1. The summed E-state index contributed by atoms with van der Waals surface area (Å²) in [6, 6.07) is 2.09. The van der Waals surface area contributed by atoms with Crippen molar-refractivity contribution < 1.29 is 22.9 Å². The molecule has 1 aromatic carbocycles. The average Bonchev–Trinajstić information content (AvgIpc) is 2.80. The van der Waals surface area contributed by atoms with Crippen LogP contribution >= 0.6 is 15.9 Å². The van der Waals surface area contributed by atoms with E-state index in [1.165, 1.54) is 14.1 Å². The SMILES string of the molecule is COC(=O)c1cc2c(cc1[N+](=O)[O-])nc(Br)n2S(=O)(=O)N(C)C. The van der Waals surface area contributed by atoms with Crippen molar-refractivity contribution in [3.05, 3.63) is 32.5 Å². The monoisotopic (exact) mass is 406 g/mol. The molecule has 1 aromatic heterocycles. The molecule has 0 atom stereocenters. The smallest absolute Gasteiger partial charge is 0.344 e. The van der Waals surface area contributed by atoms with Crippen molar-refractivity contribution in [3.8, 4) is 0 Å². The molecule has 2 aromatic rings. The van der Waals surface area contributed by atoms with E-state index in [9.17, 15) is 23.3 Å². The third-order valence-electron chi connectivity index (χ3n) is 2.99. The second-order valence-electron chi connectivity index (χ2n) is 4.54. The minimum atomic E-state index is -3.95. The molecule has 12 heteroatoms. The zero-order valence-corrected chi connectivity index (χ0v) is 14.6. The lowest BCUT2D eigenvalue weighted by Gasteiger charge is -2.13. The minimum Gasteiger partial charge on any atom is -0.465 e. The van der Waals surface area contributed by atoms with Crippen LogP contribution in [0.3, 0.4) is 0 Å². The Hall–Kier alpha value is -2.05. The zero-order valence-electron chi connectivity index (χ0n) is 12.2. The molecule has 23 heavy (non-hydrogen) atoms. The fraction of sp³-hybridized carbons (Fsp3) is 0.273. The molecule has 0 unspecified atom stereocenters. The first kappa shape index (κ1) is 17.3. The molecule has 0 bridgehead atoms. The Morgan fingerprint density at radius 3 is 2.52 bits per heavy atom. The molecule has 10 nitrogen and oxygen atoms in total. The number of ether oxygens (including phenoxy) is 1. The zero-order chi connectivity index (χ0) is 17.5. The number of hydrogen-bond donors (Lipinski definition) is 0. The van der Waals surface area contributed by atoms with E-state index in [0.29, 0.717) is 0 Å². The van der Waals surface area contributed by atoms with Crippen LogP contribution in [0.4, 0.5) is 5.69 Å². The van der Waals surface area contributed by atoms with Gasteiger partial charge in [0, 0.05) is 20.2 Å². The molecule has 124 valence electrons. The topological polar surface area (TPSA) is 125 Å². The van der Waals surface area contributed by atoms with E-state index in [-0.39, 0.29) is 21.3 Å². The second-order valence-corrected chi connectivity index (χ2v) is 7.24. The highest BCUT2D eigenvalue weighted by Crippen LogP contribution is 2.30. The van der Waals surface area contributed by atoms with Crippen LogP contribution in [-0.4, -0.2) is 53.8 Å². The van der Waals surface area contributed by atoms with Crippen molar-refractivity contribution >= 4 is 48.8 Å². The van der Waals surface area contributed by atoms with Crippen molar-refractivity contribution in [1.82, 2.24) is 13.3 Å². The van der Waals surface area contributed by atoms with Gasteiger partial charge in [-0.2, -0.15) is 12.7 Å². The van der Waals surface area contributed by atoms with E-state index < -0.39 is 26.8 Å². The first-order valence-corrected chi connectivity index (χ1v) is 8.18. The van der Waals surface area contributed by atoms with Gasteiger partial charge >= 0.3 is 16.2 Å². The predicted octanol–water partition coefficient (Wildman–Crippen LogP) is 1.15. The predicted molar refractivity (Wildman–Crippen MR) is 83.4 cm³/mol. The number of halogens is 1. The van der Waals surface area contributed by atoms with Crippen molar-refractivity contribution in [2.24, 2.45) is 0 Å². The highest BCUT2D eigenvalue weighted by Gasteiger charge is 2.28. The van der Waals surface area contributed by atoms with E-state index in [4.69, 9.17) is 0 Å². The summed E-state index contributed by atoms with van der Waals surface area (Å²) >= 11 is 3.01. The number of esters is 1. The molecule has 0 aliphatic carbocycles. The third-order valence-corrected chi connectivity index (χ3v) is 5.51. The third kappa shape index (κ3) is 2.80. The normalized spacial score (nSPS) is 11.9. The number of carbonyl (C=O) groups is 1. The maximum absolute atomic E-state index is 12.4. The maximum Gasteiger partial charge on any atom is 0.344 e. The molecule has 0 saturated carbocycles. The summed E-state index contributed by atoms with van der Waals surface area (Å²) in [6.45, 7) is 0. The van der Waals surface area contributed by atoms with Gasteiger partial charge in [0.1, 0.15) is 5.56 Å². The lowest BCUT2D eigenvalue weighted by molar-refractivity contribution is -0.385. The van der Waals surface area contributed by atoms with Crippen LogP contribution < -0.4 is 0 Å². The van der Waals surface area contributed by atoms with Crippen LogP contribution in [0, 0.1) is 10.1 Å². The number of methoxy groups -OCH3 is 1. The Balaban J connectivity index is 2.92. The minimum absolute atomic E-state index is 0.0107. The van der Waals surface area contributed by atoms with Crippen LogP contribution in [-0.2, 0) is 14.9 Å². The quantitative estimate of drug-likeness (QED) is 0.423. The Bertz CT molecular complexity index is 920. The summed E-state index contributed by atoms with van der Waals surface area (Å²) in [5.41, 5.74) is -0.838. The Kier molecular flexibility index (Phi) is 4.41. The number of aromatic nitrogens is 2. The van der Waals surface area contributed by atoms with Crippen molar-refractivity contribution in [2.75, 3.05) is 21.2 Å². The number of nitro benzene ring substituents is 1. The van der Waals surface area contributed by atoms with E-state index >= 15 is 0 Å². The van der Waals surface area contributed by atoms with Gasteiger partial charge in [0.25, 0.3) is 5.69 Å². The van der Waals surface area contributed by atoms with Gasteiger partial charge in [-0.25, -0.2) is 13.8 Å². The van der Waals surface area contributed by atoms with Crippen molar-refractivity contribution in [1.29, 1.82) is 0 Å². The maximum atomic E-state index is 12.4. The van der Waals surface area contributed by atoms with Crippen LogP contribution in [0.5, 0.6) is 0 Å². The molecule has 0 saturated heterocycles. The lowest BCUT2D eigenvalue weighted by atomic mass is 10.1. The summed E-state index contributed by atoms with van der Waals surface area (Å²) in [6.07, 6.45) is 0. The van der Waals surface area contributed by atoms with Crippen LogP contribution in [0.25, 0.3) is 11.0 Å². The van der Waals surface area contributed by atoms with Gasteiger partial charge in [0.2, 0.25) is 0 Å². The van der Waals surface area contributed by atoms with Gasteiger partial charge < -0.3 is 4.74 Å². The number of carbonyl (C=O) groups excluding carboxylic acids is 1. The van der Waals surface area contributed by atoms with Gasteiger partial charge in [-0.1, -0.05) is 0 Å². The van der Waals surface area contributed by atoms with Crippen molar-refractivity contribution in [3.63, 3.8) is 0 Å². The van der Waals surface area contributed by atoms with Gasteiger partial charge in [-0.05, 0) is 22.0 Å². The Labute approximate surface area is 139 Å². The fourth-order valence-electron chi connectivity index (χ4n) is 1.87.